The fourth-order valence-corrected chi connectivity index (χ4v) is 0.764. The first-order valence-electron chi connectivity index (χ1n) is 3.19. The van der Waals surface area contributed by atoms with Crippen molar-refractivity contribution < 1.29 is 0 Å². The molecule has 56 valence electrons. The van der Waals surface area contributed by atoms with Crippen LogP contribution in [0.25, 0.3) is 11.2 Å². The highest BCUT2D eigenvalue weighted by Crippen LogP contribution is 2.07. The summed E-state index contributed by atoms with van der Waals surface area (Å²) < 4.78 is 0. The lowest BCUT2D eigenvalue weighted by Crippen LogP contribution is -1.99. The zero-order valence-corrected chi connectivity index (χ0v) is 5.99. The Morgan fingerprint density at radius 2 is 2.00 bits per heavy atom. The van der Waals surface area contributed by atoms with Crippen molar-refractivity contribution in [3.05, 3.63) is 48.0 Å². The molecule has 0 saturated heterocycles. The van der Waals surface area contributed by atoms with Crippen molar-refractivity contribution in [3.8, 4) is 0 Å². The molecule has 1 rings (SSSR count). The number of benzene rings is 1. The summed E-state index contributed by atoms with van der Waals surface area (Å²) >= 11 is 0. The van der Waals surface area contributed by atoms with Crippen LogP contribution in [-0.4, -0.2) is 0 Å². The Labute approximate surface area is 65.2 Å². The Morgan fingerprint density at radius 3 is 2.55 bits per heavy atom. The lowest BCUT2D eigenvalue weighted by molar-refractivity contribution is 0.980. The summed E-state index contributed by atoms with van der Waals surface area (Å²) in [5, 5.41) is 2.76. The molecule has 11 heavy (non-hydrogen) atoms. The number of nitrogens with one attached hydrogen (secondary N) is 1. The molecule has 0 aliphatic carbocycles. The van der Waals surface area contributed by atoms with Gasteiger partial charge in [-0.25, -0.2) is 0 Å². The van der Waals surface area contributed by atoms with E-state index in [2.05, 4.69) is 17.2 Å². The van der Waals surface area contributed by atoms with E-state index in [0.29, 0.717) is 5.70 Å². The van der Waals surface area contributed by atoms with E-state index in [0.717, 1.165) is 5.56 Å². The standard InChI is InChI=1S/C8H8N3/c1-7(10-11-9)8-5-3-2-4-6-8/h2-6H,1H2,(H-,9,10)/q-1. The average molecular weight is 146 g/mol. The van der Waals surface area contributed by atoms with Crippen LogP contribution in [0.1, 0.15) is 5.56 Å². The monoisotopic (exact) mass is 146 g/mol. The summed E-state index contributed by atoms with van der Waals surface area (Å²) in [6.07, 6.45) is 0. The zero-order chi connectivity index (χ0) is 8.10. The van der Waals surface area contributed by atoms with E-state index in [1.807, 2.05) is 30.3 Å². The van der Waals surface area contributed by atoms with Crippen molar-refractivity contribution in [3.63, 3.8) is 0 Å². The van der Waals surface area contributed by atoms with Crippen molar-refractivity contribution in [2.24, 2.45) is 5.22 Å². The van der Waals surface area contributed by atoms with Crippen molar-refractivity contribution >= 4 is 5.70 Å². The van der Waals surface area contributed by atoms with E-state index in [1.54, 1.807) is 0 Å². The predicted octanol–water partition coefficient (Wildman–Crippen LogP) is 2.18. The molecule has 0 aliphatic rings. The van der Waals surface area contributed by atoms with Crippen molar-refractivity contribution in [1.82, 2.24) is 5.43 Å². The van der Waals surface area contributed by atoms with Crippen LogP contribution in [0.15, 0.2) is 42.1 Å². The smallest absolute Gasteiger partial charge is 0.0220 e. The average Bonchev–Trinajstić information content (AvgIpc) is 2.07. The zero-order valence-electron chi connectivity index (χ0n) is 5.99. The highest BCUT2D eigenvalue weighted by molar-refractivity contribution is 5.60. The summed E-state index contributed by atoms with van der Waals surface area (Å²) in [6, 6.07) is 9.44. The second-order valence-corrected chi connectivity index (χ2v) is 2.06. The van der Waals surface area contributed by atoms with Crippen LogP contribution in [0.2, 0.25) is 0 Å². The molecule has 1 N–H and O–H groups in total. The Morgan fingerprint density at radius 1 is 1.36 bits per heavy atom. The first-order chi connectivity index (χ1) is 5.34. The molecule has 0 aromatic heterocycles. The third-order valence-electron chi connectivity index (χ3n) is 1.31. The summed E-state index contributed by atoms with van der Waals surface area (Å²) in [4.78, 5) is 0. The molecular formula is C8H8N3-. The number of rotatable bonds is 3. The second kappa shape index (κ2) is 3.51. The van der Waals surface area contributed by atoms with Gasteiger partial charge in [-0.2, -0.15) is 0 Å². The van der Waals surface area contributed by atoms with Gasteiger partial charge in [0.2, 0.25) is 0 Å². The summed E-state index contributed by atoms with van der Waals surface area (Å²) in [6.45, 7) is 3.65. The Hall–Kier alpha value is -1.64. The normalized spacial score (nSPS) is 8.73. The summed E-state index contributed by atoms with van der Waals surface area (Å²) in [7, 11) is 0. The van der Waals surface area contributed by atoms with Gasteiger partial charge in [0, 0.05) is 0 Å². The van der Waals surface area contributed by atoms with E-state index in [1.165, 1.54) is 0 Å². The van der Waals surface area contributed by atoms with E-state index < -0.39 is 0 Å². The van der Waals surface area contributed by atoms with Gasteiger partial charge in [0.25, 0.3) is 0 Å². The molecule has 3 nitrogen and oxygen atoms in total. The van der Waals surface area contributed by atoms with Gasteiger partial charge >= 0.3 is 0 Å². The number of nitrogens with zero attached hydrogens (tertiary/aromatic N) is 2. The van der Waals surface area contributed by atoms with Gasteiger partial charge in [0.05, 0.1) is 0 Å². The Bertz CT molecular complexity index is 253. The molecule has 0 bridgehead atoms. The number of hydrogen-bond acceptors (Lipinski definition) is 1. The minimum Gasteiger partial charge on any atom is -0.387 e. The largest absolute Gasteiger partial charge is 0.387 e. The minimum atomic E-state index is 0.577. The topological polar surface area (TPSA) is 46.7 Å². The molecule has 3 heteroatoms. The van der Waals surface area contributed by atoms with Gasteiger partial charge in [0.1, 0.15) is 0 Å². The van der Waals surface area contributed by atoms with Crippen LogP contribution in [0.3, 0.4) is 0 Å². The van der Waals surface area contributed by atoms with E-state index in [4.69, 9.17) is 5.53 Å². The van der Waals surface area contributed by atoms with Gasteiger partial charge in [-0.05, 0) is 11.3 Å². The van der Waals surface area contributed by atoms with Crippen LogP contribution < -0.4 is 5.43 Å². The van der Waals surface area contributed by atoms with Crippen LogP contribution >= 0.6 is 0 Å². The molecule has 1 aromatic carbocycles. The minimum absolute atomic E-state index is 0.577. The van der Waals surface area contributed by atoms with Gasteiger partial charge < -0.3 is 11.0 Å². The molecule has 0 unspecified atom stereocenters. The molecule has 0 amide bonds. The Kier molecular flexibility index (Phi) is 2.38. The van der Waals surface area contributed by atoms with Crippen molar-refractivity contribution in [2.45, 2.75) is 0 Å². The maximum Gasteiger partial charge on any atom is -0.0220 e. The first-order valence-corrected chi connectivity index (χ1v) is 3.19. The lowest BCUT2D eigenvalue weighted by Gasteiger charge is -2.08. The lowest BCUT2D eigenvalue weighted by atomic mass is 10.2. The molecule has 0 saturated carbocycles. The molecular weight excluding hydrogens is 138 g/mol. The van der Waals surface area contributed by atoms with Crippen LogP contribution in [0, 0.1) is 0 Å². The van der Waals surface area contributed by atoms with Gasteiger partial charge in [-0.15, -0.1) is 0 Å². The quantitative estimate of drug-likeness (QED) is 0.515. The van der Waals surface area contributed by atoms with Crippen LogP contribution in [-0.2, 0) is 0 Å². The SMILES string of the molecule is C=C(NN=[N-])c1ccccc1. The van der Waals surface area contributed by atoms with Crippen LogP contribution in [0.5, 0.6) is 0 Å². The van der Waals surface area contributed by atoms with E-state index >= 15 is 0 Å². The van der Waals surface area contributed by atoms with Crippen LogP contribution in [0.4, 0.5) is 0 Å². The van der Waals surface area contributed by atoms with E-state index in [9.17, 15) is 0 Å². The Balaban J connectivity index is 2.77. The third kappa shape index (κ3) is 1.89. The van der Waals surface area contributed by atoms with Gasteiger partial charge in [0.15, 0.2) is 0 Å². The maximum atomic E-state index is 8.15. The molecule has 0 spiro atoms. The summed E-state index contributed by atoms with van der Waals surface area (Å²) in [5.74, 6) is 0. The molecule has 0 heterocycles. The van der Waals surface area contributed by atoms with Gasteiger partial charge in [-0.1, -0.05) is 36.9 Å². The highest BCUT2D eigenvalue weighted by Gasteiger charge is 1.88. The molecule has 0 fully saturated rings. The maximum absolute atomic E-state index is 8.15. The molecule has 0 aliphatic heterocycles. The molecule has 1 aromatic rings. The third-order valence-corrected chi connectivity index (χ3v) is 1.31. The fraction of sp³-hybridized carbons (Fsp3) is 0. The molecule has 0 atom stereocenters. The predicted molar refractivity (Wildman–Crippen MR) is 44.4 cm³/mol. The highest BCUT2D eigenvalue weighted by atomic mass is 15.4. The first kappa shape index (κ1) is 7.47. The summed E-state index contributed by atoms with van der Waals surface area (Å²) in [5.41, 5.74) is 12.0. The molecule has 0 radical (unpaired) electrons. The van der Waals surface area contributed by atoms with Gasteiger partial charge in [-0.3, -0.25) is 5.22 Å². The fourth-order valence-electron chi connectivity index (χ4n) is 0.764. The number of hydrogen-bond donors (Lipinski definition) is 1. The van der Waals surface area contributed by atoms with E-state index in [-0.39, 0.29) is 0 Å². The van der Waals surface area contributed by atoms with Crippen molar-refractivity contribution in [2.75, 3.05) is 0 Å². The second-order valence-electron chi connectivity index (χ2n) is 2.06. The van der Waals surface area contributed by atoms with Crippen molar-refractivity contribution in [1.29, 1.82) is 0 Å².